The van der Waals surface area contributed by atoms with Crippen LogP contribution in [-0.4, -0.2) is 41.1 Å². The van der Waals surface area contributed by atoms with Gasteiger partial charge in [-0.3, -0.25) is 0 Å². The summed E-state index contributed by atoms with van der Waals surface area (Å²) in [6.45, 7) is 10.3. The normalized spacial score (nSPS) is 23.0. The maximum absolute atomic E-state index is 12.1. The first-order chi connectivity index (χ1) is 14.0. The van der Waals surface area contributed by atoms with Gasteiger partial charge < -0.3 is 25.2 Å². The number of carbonyl (C=O) groups excluding carboxylic acids is 2. The van der Waals surface area contributed by atoms with Crippen LogP contribution in [0.25, 0.3) is 0 Å². The lowest BCUT2D eigenvalue weighted by Gasteiger charge is -2.43. The van der Waals surface area contributed by atoms with E-state index < -0.39 is 18.4 Å². The molecule has 3 N–H and O–H groups in total. The summed E-state index contributed by atoms with van der Waals surface area (Å²) in [5.41, 5.74) is 0.742. The molecule has 1 aromatic rings. The Morgan fingerprint density at radius 2 is 1.83 bits per heavy atom. The van der Waals surface area contributed by atoms with Gasteiger partial charge in [0, 0.05) is 23.5 Å². The number of carbonyl (C=O) groups is 2. The maximum Gasteiger partial charge on any atom is 0.517 e. The van der Waals surface area contributed by atoms with Crippen LogP contribution in [0.4, 0.5) is 9.59 Å². The Bertz CT molecular complexity index is 687. The van der Waals surface area contributed by atoms with Crippen molar-refractivity contribution in [1.29, 1.82) is 0 Å². The summed E-state index contributed by atoms with van der Waals surface area (Å²) in [6, 6.07) is 9.16. The quantitative estimate of drug-likeness (QED) is 0.476. The summed E-state index contributed by atoms with van der Waals surface area (Å²) in [6.07, 6.45) is -0.169. The number of amides is 1. The second-order valence-corrected chi connectivity index (χ2v) is 9.47. The predicted molar refractivity (Wildman–Crippen MR) is 115 cm³/mol. The fourth-order valence-corrected chi connectivity index (χ4v) is 3.96. The topological polar surface area (TPSA) is 96.9 Å². The molecule has 0 radical (unpaired) electrons. The minimum atomic E-state index is -1.03. The zero-order valence-electron chi connectivity index (χ0n) is 18.7. The van der Waals surface area contributed by atoms with E-state index in [9.17, 15) is 14.7 Å². The van der Waals surface area contributed by atoms with Crippen molar-refractivity contribution in [2.45, 2.75) is 84.2 Å². The van der Waals surface area contributed by atoms with Gasteiger partial charge in [-0.1, -0.05) is 44.2 Å². The highest BCUT2D eigenvalue weighted by atomic mass is 16.7. The van der Waals surface area contributed by atoms with Crippen molar-refractivity contribution in [1.82, 2.24) is 10.6 Å². The monoisotopic (exact) mass is 420 g/mol. The average molecular weight is 421 g/mol. The zero-order valence-corrected chi connectivity index (χ0v) is 18.7. The van der Waals surface area contributed by atoms with Crippen LogP contribution < -0.4 is 10.6 Å². The Hall–Kier alpha value is -2.12. The lowest BCUT2D eigenvalue weighted by Crippen LogP contribution is -2.55. The number of ether oxygens (including phenoxy) is 2. The Labute approximate surface area is 179 Å². The molecule has 0 aromatic heterocycles. The molecule has 4 atom stereocenters. The van der Waals surface area contributed by atoms with Gasteiger partial charge in [0.2, 0.25) is 0 Å². The van der Waals surface area contributed by atoms with Gasteiger partial charge in [0.1, 0.15) is 6.61 Å². The van der Waals surface area contributed by atoms with E-state index in [0.717, 1.165) is 18.4 Å². The molecule has 1 unspecified atom stereocenters. The highest BCUT2D eigenvalue weighted by Crippen LogP contribution is 2.31. The molecule has 2 rings (SSSR count). The number of alkyl carbamates (subject to hydrolysis) is 1. The van der Waals surface area contributed by atoms with Crippen LogP contribution in [0, 0.1) is 11.8 Å². The van der Waals surface area contributed by atoms with E-state index in [0.29, 0.717) is 6.42 Å². The largest absolute Gasteiger partial charge is 0.517 e. The van der Waals surface area contributed by atoms with Gasteiger partial charge in [-0.2, -0.15) is 0 Å². The molecule has 7 heteroatoms. The molecule has 1 fully saturated rings. The number of aliphatic hydroxyl groups is 1. The van der Waals surface area contributed by atoms with Crippen molar-refractivity contribution in [3.05, 3.63) is 35.9 Å². The molecule has 0 aliphatic heterocycles. The summed E-state index contributed by atoms with van der Waals surface area (Å²) in [5.74, 6) is 0.103. The van der Waals surface area contributed by atoms with Crippen LogP contribution in [0.15, 0.2) is 30.3 Å². The summed E-state index contributed by atoms with van der Waals surface area (Å²) in [7, 11) is 0. The Kier molecular flexibility index (Phi) is 8.67. The van der Waals surface area contributed by atoms with Crippen molar-refractivity contribution in [3.63, 3.8) is 0 Å². The SMILES string of the molecule is CC(C)[C@H](O)[C@@H]1CC(NC(=O)OC(=O)OCc2ccccc2)CC[C@@H]1NC(C)(C)C. The molecule has 1 aliphatic carbocycles. The molecule has 1 amide bonds. The standard InChI is InChI=1S/C23H36N2O5/c1-15(2)20(26)18-13-17(11-12-19(18)25-23(3,4)5)24-21(27)30-22(28)29-14-16-9-7-6-8-10-16/h6-10,15,17-20,25-26H,11-14H2,1-5H3,(H,24,27)/t17?,18-,19+,20+/m1/s1. The first-order valence-corrected chi connectivity index (χ1v) is 10.7. The van der Waals surface area contributed by atoms with E-state index in [1.54, 1.807) is 0 Å². The van der Waals surface area contributed by atoms with Crippen LogP contribution >= 0.6 is 0 Å². The van der Waals surface area contributed by atoms with Crippen LogP contribution in [0.3, 0.4) is 0 Å². The molecule has 0 spiro atoms. The van der Waals surface area contributed by atoms with Crippen molar-refractivity contribution in [2.24, 2.45) is 11.8 Å². The van der Waals surface area contributed by atoms with Gasteiger partial charge in [0.05, 0.1) is 6.10 Å². The number of hydrogen-bond acceptors (Lipinski definition) is 6. The Morgan fingerprint density at radius 3 is 2.43 bits per heavy atom. The average Bonchev–Trinajstić information content (AvgIpc) is 2.66. The lowest BCUT2D eigenvalue weighted by molar-refractivity contribution is 0.0140. The zero-order chi connectivity index (χ0) is 22.3. The molecule has 1 aliphatic rings. The minimum Gasteiger partial charge on any atom is -0.429 e. The van der Waals surface area contributed by atoms with Gasteiger partial charge >= 0.3 is 12.2 Å². The Morgan fingerprint density at radius 1 is 1.17 bits per heavy atom. The van der Waals surface area contributed by atoms with Crippen LogP contribution in [0.1, 0.15) is 59.4 Å². The Balaban J connectivity index is 1.86. The summed E-state index contributed by atoms with van der Waals surface area (Å²) in [4.78, 5) is 23.9. The molecule has 1 saturated carbocycles. The van der Waals surface area contributed by atoms with Gasteiger partial charge in [-0.25, -0.2) is 9.59 Å². The summed E-state index contributed by atoms with van der Waals surface area (Å²) >= 11 is 0. The van der Waals surface area contributed by atoms with Crippen LogP contribution in [0.2, 0.25) is 0 Å². The highest BCUT2D eigenvalue weighted by molar-refractivity contribution is 5.80. The third-order valence-electron chi connectivity index (χ3n) is 5.34. The fourth-order valence-electron chi connectivity index (χ4n) is 3.96. The molecule has 0 saturated heterocycles. The van der Waals surface area contributed by atoms with Gasteiger partial charge in [-0.05, 0) is 51.5 Å². The molecule has 0 heterocycles. The van der Waals surface area contributed by atoms with E-state index in [4.69, 9.17) is 9.47 Å². The van der Waals surface area contributed by atoms with Crippen molar-refractivity contribution < 1.29 is 24.2 Å². The van der Waals surface area contributed by atoms with E-state index >= 15 is 0 Å². The maximum atomic E-state index is 12.1. The summed E-state index contributed by atoms with van der Waals surface area (Å²) < 4.78 is 9.71. The molecule has 168 valence electrons. The number of nitrogens with one attached hydrogen (secondary N) is 2. The fraction of sp³-hybridized carbons (Fsp3) is 0.652. The van der Waals surface area contributed by atoms with Gasteiger partial charge in [-0.15, -0.1) is 0 Å². The summed E-state index contributed by atoms with van der Waals surface area (Å²) in [5, 5.41) is 17.1. The van der Waals surface area contributed by atoms with Crippen molar-refractivity contribution in [3.8, 4) is 0 Å². The molecular weight excluding hydrogens is 384 g/mol. The van der Waals surface area contributed by atoms with Gasteiger partial charge in [0.25, 0.3) is 0 Å². The number of rotatable bonds is 6. The molecule has 30 heavy (non-hydrogen) atoms. The van der Waals surface area contributed by atoms with Crippen molar-refractivity contribution >= 4 is 12.2 Å². The second-order valence-electron chi connectivity index (χ2n) is 9.47. The predicted octanol–water partition coefficient (Wildman–Crippen LogP) is 3.99. The first kappa shape index (κ1) is 24.2. The number of aliphatic hydroxyl groups excluding tert-OH is 1. The smallest absolute Gasteiger partial charge is 0.429 e. The second kappa shape index (κ2) is 10.8. The van der Waals surface area contributed by atoms with E-state index in [1.807, 2.05) is 44.2 Å². The van der Waals surface area contributed by atoms with Crippen LogP contribution in [0.5, 0.6) is 0 Å². The third kappa shape index (κ3) is 7.95. The molecule has 1 aromatic carbocycles. The first-order valence-electron chi connectivity index (χ1n) is 10.7. The lowest BCUT2D eigenvalue weighted by atomic mass is 9.75. The number of benzene rings is 1. The van der Waals surface area contributed by atoms with E-state index in [1.165, 1.54) is 0 Å². The number of hydrogen-bond donors (Lipinski definition) is 3. The molecule has 0 bridgehead atoms. The highest BCUT2D eigenvalue weighted by Gasteiger charge is 2.38. The van der Waals surface area contributed by atoms with Crippen LogP contribution in [-0.2, 0) is 16.1 Å². The molecular formula is C23H36N2O5. The minimum absolute atomic E-state index is 0.00620. The van der Waals surface area contributed by atoms with Gasteiger partial charge in [0.15, 0.2) is 0 Å². The molecule has 7 nitrogen and oxygen atoms in total. The van der Waals surface area contributed by atoms with E-state index in [-0.39, 0.29) is 36.1 Å². The van der Waals surface area contributed by atoms with E-state index in [2.05, 4.69) is 31.4 Å². The van der Waals surface area contributed by atoms with Crippen molar-refractivity contribution in [2.75, 3.05) is 0 Å². The third-order valence-corrected chi connectivity index (χ3v) is 5.34.